The number of rotatable bonds is 7. The predicted molar refractivity (Wildman–Crippen MR) is 287 cm³/mol. The maximum absolute atomic E-state index is 4.29. The minimum Gasteiger partial charge on any atom is -0.310 e. The summed E-state index contributed by atoms with van der Waals surface area (Å²) in [5.74, 6) is 0. The number of pyridine rings is 2. The summed E-state index contributed by atoms with van der Waals surface area (Å²) in [6.45, 7) is 0. The maximum Gasteiger partial charge on any atom is 0.0754 e. The molecule has 0 saturated carbocycles. The lowest BCUT2D eigenvalue weighted by atomic mass is 9.64. The minimum absolute atomic E-state index is 0.524. The number of fused-ring (bicyclic) bond motifs is 12. The number of aromatic nitrogens is 3. The van der Waals surface area contributed by atoms with Gasteiger partial charge in [-0.2, -0.15) is 0 Å². The third kappa shape index (κ3) is 5.98. The van der Waals surface area contributed by atoms with Crippen LogP contribution in [-0.4, -0.2) is 14.5 Å². The molecule has 5 heteroatoms. The Hall–Kier alpha value is -9.32. The van der Waals surface area contributed by atoms with Gasteiger partial charge in [0.1, 0.15) is 0 Å². The van der Waals surface area contributed by atoms with Crippen molar-refractivity contribution in [2.75, 3.05) is 9.80 Å². The smallest absolute Gasteiger partial charge is 0.0754 e. The maximum atomic E-state index is 4.29. The second-order valence-electron chi connectivity index (χ2n) is 18.2. The first-order chi connectivity index (χ1) is 34.7. The van der Waals surface area contributed by atoms with Crippen molar-refractivity contribution < 1.29 is 0 Å². The molecule has 0 unspecified atom stereocenters. The summed E-state index contributed by atoms with van der Waals surface area (Å²) in [6.07, 6.45) is 7.41. The Balaban J connectivity index is 1.05. The van der Waals surface area contributed by atoms with Crippen LogP contribution in [0.4, 0.5) is 34.1 Å². The van der Waals surface area contributed by atoms with E-state index < -0.39 is 5.41 Å². The van der Waals surface area contributed by atoms with Gasteiger partial charge in [-0.25, -0.2) is 0 Å². The molecule has 328 valence electrons. The van der Waals surface area contributed by atoms with Crippen molar-refractivity contribution in [3.63, 3.8) is 0 Å². The van der Waals surface area contributed by atoms with Crippen molar-refractivity contribution in [1.82, 2.24) is 14.5 Å². The molecular formula is C65H43N5. The quantitative estimate of drug-likeness (QED) is 0.160. The van der Waals surface area contributed by atoms with Crippen LogP contribution >= 0.6 is 0 Å². The van der Waals surface area contributed by atoms with Gasteiger partial charge >= 0.3 is 0 Å². The number of hydrogen-bond donors (Lipinski definition) is 0. The molecule has 0 radical (unpaired) electrons. The molecule has 70 heavy (non-hydrogen) atoms. The lowest BCUT2D eigenvalue weighted by Gasteiger charge is -2.45. The summed E-state index contributed by atoms with van der Waals surface area (Å²) < 4.78 is 2.45. The molecule has 12 aromatic rings. The van der Waals surface area contributed by atoms with Crippen LogP contribution in [0.1, 0.15) is 22.3 Å². The average molecular weight is 894 g/mol. The molecule has 0 saturated heterocycles. The Labute approximate surface area is 406 Å². The molecule has 0 fully saturated rings. The van der Waals surface area contributed by atoms with Gasteiger partial charge in [-0.1, -0.05) is 146 Å². The SMILES string of the molecule is c1ccc2c(c1)-c1ccccc1C21c2ccccc2N(c2cc(N(c3ccc(-c4ccncc4)cc3)c3ccc(-c4ccncc4)cc3)cc(-n3c4ccccc4c4ccccc43)c2)c2ccccc21. The molecule has 1 aliphatic carbocycles. The minimum atomic E-state index is -0.524. The summed E-state index contributed by atoms with van der Waals surface area (Å²) in [5, 5.41) is 2.43. The summed E-state index contributed by atoms with van der Waals surface area (Å²) >= 11 is 0. The van der Waals surface area contributed by atoms with E-state index in [1.54, 1.807) is 0 Å². The highest BCUT2D eigenvalue weighted by Crippen LogP contribution is 2.63. The Morgan fingerprint density at radius 2 is 0.729 bits per heavy atom. The van der Waals surface area contributed by atoms with Crippen molar-refractivity contribution in [2.45, 2.75) is 5.41 Å². The topological polar surface area (TPSA) is 37.2 Å². The molecule has 0 atom stereocenters. The van der Waals surface area contributed by atoms with Crippen LogP contribution in [0.5, 0.6) is 0 Å². The lowest BCUT2D eigenvalue weighted by molar-refractivity contribution is 0.752. The van der Waals surface area contributed by atoms with E-state index in [1.807, 2.05) is 24.8 Å². The molecule has 1 spiro atoms. The molecule has 5 nitrogen and oxygen atoms in total. The van der Waals surface area contributed by atoms with E-state index in [0.29, 0.717) is 0 Å². The molecular weight excluding hydrogens is 851 g/mol. The predicted octanol–water partition coefficient (Wildman–Crippen LogP) is 16.5. The fourth-order valence-corrected chi connectivity index (χ4v) is 11.6. The zero-order chi connectivity index (χ0) is 46.2. The summed E-state index contributed by atoms with van der Waals surface area (Å²) in [5.41, 5.74) is 21.5. The van der Waals surface area contributed by atoms with Gasteiger partial charge in [0.2, 0.25) is 0 Å². The monoisotopic (exact) mass is 893 g/mol. The van der Waals surface area contributed by atoms with Gasteiger partial charge in [-0.3, -0.25) is 9.97 Å². The van der Waals surface area contributed by atoms with Gasteiger partial charge in [-0.05, 0) is 147 Å². The standard InChI is InChI=1S/C65H43N5/c1-5-17-57-53(13-1)54-14-2-6-18-58(54)65(57)59-19-7-11-23-63(59)70(64-24-12-8-20-60(64)65)52-42-50(41-51(43-52)69-61-21-9-3-15-55(61)56-16-4-10-22-62(56)69)68(48-29-25-44(26-30-48)46-33-37-66-38-34-46)49-31-27-45(28-32-49)47-35-39-67-40-36-47/h1-43H. The second kappa shape index (κ2) is 15.9. The largest absolute Gasteiger partial charge is 0.310 e. The first kappa shape index (κ1) is 39.8. The number of anilines is 6. The number of nitrogens with zero attached hydrogens (tertiary/aromatic N) is 5. The molecule has 9 aromatic carbocycles. The van der Waals surface area contributed by atoms with Gasteiger partial charge in [0.15, 0.2) is 0 Å². The highest BCUT2D eigenvalue weighted by atomic mass is 15.2. The van der Waals surface area contributed by atoms with Crippen LogP contribution in [-0.2, 0) is 5.41 Å². The Kier molecular flexibility index (Phi) is 9.04. The van der Waals surface area contributed by atoms with E-state index in [1.165, 1.54) is 44.2 Å². The molecule has 1 aliphatic heterocycles. The van der Waals surface area contributed by atoms with E-state index in [9.17, 15) is 0 Å². The van der Waals surface area contributed by atoms with Crippen molar-refractivity contribution in [1.29, 1.82) is 0 Å². The van der Waals surface area contributed by atoms with E-state index in [4.69, 9.17) is 0 Å². The van der Waals surface area contributed by atoms with Crippen LogP contribution in [0, 0.1) is 0 Å². The van der Waals surface area contributed by atoms with Crippen LogP contribution in [0.15, 0.2) is 261 Å². The lowest BCUT2D eigenvalue weighted by Crippen LogP contribution is -2.36. The van der Waals surface area contributed by atoms with Gasteiger partial charge in [0.05, 0.1) is 44.9 Å². The molecule has 3 aromatic heterocycles. The fraction of sp³-hybridized carbons (Fsp3) is 0.0154. The zero-order valence-corrected chi connectivity index (χ0v) is 38.1. The summed E-state index contributed by atoms with van der Waals surface area (Å²) in [4.78, 5) is 13.5. The Morgan fingerprint density at radius 3 is 1.23 bits per heavy atom. The molecule has 0 amide bonds. The van der Waals surface area contributed by atoms with E-state index in [-0.39, 0.29) is 0 Å². The first-order valence-corrected chi connectivity index (χ1v) is 23.9. The average Bonchev–Trinajstić information content (AvgIpc) is 3.93. The molecule has 0 bridgehead atoms. The van der Waals surface area contributed by atoms with Gasteiger partial charge < -0.3 is 14.4 Å². The molecule has 14 rings (SSSR count). The Bertz CT molecular complexity index is 3720. The van der Waals surface area contributed by atoms with Crippen LogP contribution in [0.2, 0.25) is 0 Å². The van der Waals surface area contributed by atoms with Gasteiger partial charge in [-0.15, -0.1) is 0 Å². The van der Waals surface area contributed by atoms with Crippen LogP contribution in [0.25, 0.3) is 60.9 Å². The van der Waals surface area contributed by atoms with E-state index in [0.717, 1.165) is 73.1 Å². The summed E-state index contributed by atoms with van der Waals surface area (Å²) in [7, 11) is 0. The highest BCUT2D eigenvalue weighted by molar-refractivity contribution is 6.09. The van der Waals surface area contributed by atoms with Gasteiger partial charge in [0, 0.05) is 46.9 Å². The fourth-order valence-electron chi connectivity index (χ4n) is 11.6. The number of hydrogen-bond acceptors (Lipinski definition) is 4. The molecule has 4 heterocycles. The third-order valence-corrected chi connectivity index (χ3v) is 14.6. The van der Waals surface area contributed by atoms with Gasteiger partial charge in [0.25, 0.3) is 0 Å². The van der Waals surface area contributed by atoms with Crippen molar-refractivity contribution >= 4 is 55.9 Å². The number of benzene rings is 9. The third-order valence-electron chi connectivity index (χ3n) is 14.6. The number of para-hydroxylation sites is 4. The molecule has 2 aliphatic rings. The second-order valence-corrected chi connectivity index (χ2v) is 18.2. The van der Waals surface area contributed by atoms with Crippen molar-refractivity contribution in [2.24, 2.45) is 0 Å². The summed E-state index contributed by atoms with van der Waals surface area (Å²) in [6, 6.07) is 87.0. The normalized spacial score (nSPS) is 12.9. The van der Waals surface area contributed by atoms with Crippen LogP contribution in [0.3, 0.4) is 0 Å². The van der Waals surface area contributed by atoms with E-state index in [2.05, 4.69) is 261 Å². The van der Waals surface area contributed by atoms with Crippen molar-refractivity contribution in [3.8, 4) is 39.1 Å². The first-order valence-electron chi connectivity index (χ1n) is 23.9. The van der Waals surface area contributed by atoms with E-state index >= 15 is 0 Å². The molecule has 0 N–H and O–H groups in total. The van der Waals surface area contributed by atoms with Crippen molar-refractivity contribution in [3.05, 3.63) is 284 Å². The zero-order valence-electron chi connectivity index (χ0n) is 38.1. The van der Waals surface area contributed by atoms with Crippen LogP contribution < -0.4 is 9.80 Å². The highest BCUT2D eigenvalue weighted by Gasteiger charge is 2.51. The Morgan fingerprint density at radius 1 is 0.329 bits per heavy atom.